The van der Waals surface area contributed by atoms with Crippen LogP contribution in [0.25, 0.3) is 0 Å². The van der Waals surface area contributed by atoms with Gasteiger partial charge in [-0.2, -0.15) is 11.8 Å². The fraction of sp³-hybridized carbons (Fsp3) is 1.00. The highest BCUT2D eigenvalue weighted by Crippen LogP contribution is 2.34. The van der Waals surface area contributed by atoms with Crippen LogP contribution in [0.4, 0.5) is 0 Å². The molecule has 11 heavy (non-hydrogen) atoms. The summed E-state index contributed by atoms with van der Waals surface area (Å²) in [4.78, 5) is 0. The zero-order valence-corrected chi connectivity index (χ0v) is 7.83. The highest BCUT2D eigenvalue weighted by atomic mass is 32.2. The third kappa shape index (κ3) is 2.68. The molecule has 1 unspecified atom stereocenters. The molecule has 1 heterocycles. The van der Waals surface area contributed by atoms with Crippen LogP contribution in [0.2, 0.25) is 0 Å². The van der Waals surface area contributed by atoms with E-state index in [1.54, 1.807) is 0 Å². The first-order valence-electron chi connectivity index (χ1n) is 4.80. The quantitative estimate of drug-likeness (QED) is 0.694. The minimum atomic E-state index is 0.862. The number of hydrogen-bond acceptors (Lipinski definition) is 2. The summed E-state index contributed by atoms with van der Waals surface area (Å²) >= 11 is 2.19. The molecule has 2 rings (SSSR count). The smallest absolute Gasteiger partial charge is 0.00753 e. The third-order valence-electron chi connectivity index (χ3n) is 2.51. The Bertz CT molecular complexity index is 117. The molecule has 1 saturated carbocycles. The molecule has 2 aliphatic rings. The highest BCUT2D eigenvalue weighted by Gasteiger charge is 2.22. The van der Waals surface area contributed by atoms with Crippen molar-refractivity contribution in [1.29, 1.82) is 0 Å². The van der Waals surface area contributed by atoms with Crippen molar-refractivity contribution in [3.8, 4) is 0 Å². The summed E-state index contributed by atoms with van der Waals surface area (Å²) in [5, 5.41) is 4.59. The van der Waals surface area contributed by atoms with E-state index in [1.165, 1.54) is 44.4 Å². The van der Waals surface area contributed by atoms with E-state index >= 15 is 0 Å². The predicted molar refractivity (Wildman–Crippen MR) is 51.1 cm³/mol. The minimum Gasteiger partial charge on any atom is -0.314 e. The van der Waals surface area contributed by atoms with E-state index in [1.807, 2.05) is 0 Å². The molecular weight excluding hydrogens is 154 g/mol. The van der Waals surface area contributed by atoms with Crippen molar-refractivity contribution in [3.63, 3.8) is 0 Å². The molecule has 0 amide bonds. The minimum absolute atomic E-state index is 0.862. The average Bonchev–Trinajstić information content (AvgIpc) is 2.66. The lowest BCUT2D eigenvalue weighted by Crippen LogP contribution is -2.21. The Balaban J connectivity index is 1.51. The van der Waals surface area contributed by atoms with Crippen LogP contribution in [0.3, 0.4) is 0 Å². The Morgan fingerprint density at radius 2 is 2.18 bits per heavy atom. The van der Waals surface area contributed by atoms with E-state index in [2.05, 4.69) is 17.1 Å². The van der Waals surface area contributed by atoms with Gasteiger partial charge >= 0.3 is 0 Å². The Labute approximate surface area is 73.3 Å². The van der Waals surface area contributed by atoms with Crippen LogP contribution in [0.5, 0.6) is 0 Å². The molecule has 1 aliphatic carbocycles. The van der Waals surface area contributed by atoms with Crippen LogP contribution in [0.1, 0.15) is 32.1 Å². The van der Waals surface area contributed by atoms with Gasteiger partial charge in [-0.05, 0) is 44.4 Å². The normalized spacial score (nSPS) is 31.1. The summed E-state index contributed by atoms with van der Waals surface area (Å²) in [5.74, 6) is 1.39. The maximum absolute atomic E-state index is 3.54. The van der Waals surface area contributed by atoms with Gasteiger partial charge in [-0.15, -0.1) is 0 Å². The van der Waals surface area contributed by atoms with Gasteiger partial charge in [0.2, 0.25) is 0 Å². The molecule has 64 valence electrons. The van der Waals surface area contributed by atoms with Crippen molar-refractivity contribution in [2.45, 2.75) is 43.4 Å². The van der Waals surface area contributed by atoms with Gasteiger partial charge in [0.1, 0.15) is 0 Å². The van der Waals surface area contributed by atoms with Crippen LogP contribution < -0.4 is 5.32 Å². The van der Waals surface area contributed by atoms with Crippen LogP contribution in [0, 0.1) is 0 Å². The molecule has 0 aromatic heterocycles. The number of thioether (sulfide) groups is 1. The first kappa shape index (κ1) is 7.93. The zero-order chi connectivity index (χ0) is 7.52. The van der Waals surface area contributed by atoms with Crippen molar-refractivity contribution < 1.29 is 0 Å². The average molecular weight is 171 g/mol. The van der Waals surface area contributed by atoms with Crippen molar-refractivity contribution in [2.75, 3.05) is 12.3 Å². The molecule has 0 bridgehead atoms. The highest BCUT2D eigenvalue weighted by molar-refractivity contribution is 8.00. The molecule has 1 N–H and O–H groups in total. The first-order valence-corrected chi connectivity index (χ1v) is 5.85. The maximum atomic E-state index is 3.54. The zero-order valence-electron chi connectivity index (χ0n) is 7.01. The lowest BCUT2D eigenvalue weighted by Gasteiger charge is -2.08. The molecular formula is C9H17NS. The van der Waals surface area contributed by atoms with E-state index < -0.39 is 0 Å². The topological polar surface area (TPSA) is 12.0 Å². The van der Waals surface area contributed by atoms with E-state index in [4.69, 9.17) is 0 Å². The Morgan fingerprint density at radius 1 is 1.27 bits per heavy atom. The molecule has 1 nitrogen and oxygen atoms in total. The standard InChI is InChI=1S/C9H17NS/c1-2-8(10-6-1)5-7-11-9-3-4-9/h8-10H,1-7H2. The van der Waals surface area contributed by atoms with Gasteiger partial charge in [0.05, 0.1) is 0 Å². The molecule has 1 aliphatic heterocycles. The molecule has 0 radical (unpaired) electrons. The lowest BCUT2D eigenvalue weighted by molar-refractivity contribution is 0.592. The molecule has 2 heteroatoms. The maximum Gasteiger partial charge on any atom is 0.00753 e. The number of nitrogens with one attached hydrogen (secondary N) is 1. The van der Waals surface area contributed by atoms with Gasteiger partial charge in [0.15, 0.2) is 0 Å². The van der Waals surface area contributed by atoms with E-state index in [0.29, 0.717) is 0 Å². The monoisotopic (exact) mass is 171 g/mol. The second kappa shape index (κ2) is 3.81. The summed E-state index contributed by atoms with van der Waals surface area (Å²) in [7, 11) is 0. The molecule has 0 aromatic rings. The van der Waals surface area contributed by atoms with Crippen LogP contribution in [0.15, 0.2) is 0 Å². The van der Waals surface area contributed by atoms with Gasteiger partial charge in [-0.25, -0.2) is 0 Å². The molecule has 2 fully saturated rings. The fourth-order valence-electron chi connectivity index (χ4n) is 1.61. The summed E-state index contributed by atoms with van der Waals surface area (Å²) in [6.07, 6.45) is 7.21. The van der Waals surface area contributed by atoms with Gasteiger partial charge in [-0.1, -0.05) is 0 Å². The molecule has 0 spiro atoms. The van der Waals surface area contributed by atoms with Gasteiger partial charge in [-0.3, -0.25) is 0 Å². The Hall–Kier alpha value is 0.310. The van der Waals surface area contributed by atoms with Gasteiger partial charge < -0.3 is 5.32 Å². The van der Waals surface area contributed by atoms with Gasteiger partial charge in [0.25, 0.3) is 0 Å². The summed E-state index contributed by atoms with van der Waals surface area (Å²) in [6, 6.07) is 0.862. The fourth-order valence-corrected chi connectivity index (χ4v) is 2.84. The second-order valence-electron chi connectivity index (χ2n) is 3.65. The third-order valence-corrected chi connectivity index (χ3v) is 3.92. The lowest BCUT2D eigenvalue weighted by atomic mass is 10.2. The summed E-state index contributed by atoms with van der Waals surface area (Å²) < 4.78 is 0. The van der Waals surface area contributed by atoms with E-state index in [9.17, 15) is 0 Å². The van der Waals surface area contributed by atoms with Crippen molar-refractivity contribution >= 4 is 11.8 Å². The summed E-state index contributed by atoms with van der Waals surface area (Å²) in [5.41, 5.74) is 0. The van der Waals surface area contributed by atoms with Crippen molar-refractivity contribution in [3.05, 3.63) is 0 Å². The van der Waals surface area contributed by atoms with Gasteiger partial charge in [0, 0.05) is 11.3 Å². The molecule has 1 saturated heterocycles. The van der Waals surface area contributed by atoms with Crippen LogP contribution in [-0.2, 0) is 0 Å². The molecule has 0 aromatic carbocycles. The van der Waals surface area contributed by atoms with Crippen molar-refractivity contribution in [1.82, 2.24) is 5.32 Å². The summed E-state index contributed by atoms with van der Waals surface area (Å²) in [6.45, 7) is 1.26. The molecule has 1 atom stereocenters. The Morgan fingerprint density at radius 3 is 2.82 bits per heavy atom. The van der Waals surface area contributed by atoms with E-state index in [-0.39, 0.29) is 0 Å². The SMILES string of the molecule is C1CNC(CCSC2CC2)C1. The largest absolute Gasteiger partial charge is 0.314 e. The van der Waals surface area contributed by atoms with Crippen LogP contribution >= 0.6 is 11.8 Å². The second-order valence-corrected chi connectivity index (χ2v) is 5.06. The van der Waals surface area contributed by atoms with E-state index in [0.717, 1.165) is 11.3 Å². The number of rotatable bonds is 4. The number of hydrogen-bond donors (Lipinski definition) is 1. The van der Waals surface area contributed by atoms with Crippen molar-refractivity contribution in [2.24, 2.45) is 0 Å². The Kier molecular flexibility index (Phi) is 2.75. The predicted octanol–water partition coefficient (Wildman–Crippen LogP) is 2.02. The van der Waals surface area contributed by atoms with Crippen LogP contribution in [-0.4, -0.2) is 23.6 Å². The first-order chi connectivity index (χ1) is 5.45.